The zero-order valence-electron chi connectivity index (χ0n) is 12.8. The fourth-order valence-corrected chi connectivity index (χ4v) is 2.92. The molecule has 0 aliphatic carbocycles. The highest BCUT2D eigenvalue weighted by atomic mass is 19.4. The molecule has 0 saturated carbocycles. The summed E-state index contributed by atoms with van der Waals surface area (Å²) in [4.78, 5) is 1.07. The van der Waals surface area contributed by atoms with E-state index in [0.29, 0.717) is 6.42 Å². The summed E-state index contributed by atoms with van der Waals surface area (Å²) in [6.45, 7) is 2.32. The van der Waals surface area contributed by atoms with E-state index in [9.17, 15) is 18.3 Å². The number of hydrogen-bond acceptors (Lipinski definition) is 2. The molecule has 0 saturated heterocycles. The van der Waals surface area contributed by atoms with E-state index in [1.807, 2.05) is 49.4 Å². The second-order valence-corrected chi connectivity index (χ2v) is 5.99. The van der Waals surface area contributed by atoms with Crippen molar-refractivity contribution in [1.82, 2.24) is 4.90 Å². The first-order chi connectivity index (χ1) is 10.8. The molecule has 1 aliphatic heterocycles. The molecule has 1 heterocycles. The second-order valence-electron chi connectivity index (χ2n) is 5.99. The lowest BCUT2D eigenvalue weighted by Crippen LogP contribution is -2.47. The summed E-state index contributed by atoms with van der Waals surface area (Å²) in [7, 11) is 0. The fraction of sp³-hybridized carbons (Fsp3) is 0.333. The molecule has 1 atom stereocenters. The lowest BCUT2D eigenvalue weighted by Gasteiger charge is -2.33. The average Bonchev–Trinajstić information content (AvgIpc) is 2.53. The van der Waals surface area contributed by atoms with Crippen LogP contribution in [0.1, 0.15) is 16.7 Å². The Hall–Kier alpha value is -1.85. The van der Waals surface area contributed by atoms with Crippen LogP contribution < -0.4 is 0 Å². The van der Waals surface area contributed by atoms with Gasteiger partial charge in [0.2, 0.25) is 6.23 Å². The van der Waals surface area contributed by atoms with Gasteiger partial charge in [-0.05, 0) is 41.7 Å². The Morgan fingerprint density at radius 2 is 1.65 bits per heavy atom. The molecule has 5 heteroatoms. The van der Waals surface area contributed by atoms with Gasteiger partial charge >= 0.3 is 6.18 Å². The van der Waals surface area contributed by atoms with Crippen LogP contribution in [0.15, 0.2) is 42.5 Å². The normalized spacial score (nSPS) is 16.9. The number of halogens is 3. The van der Waals surface area contributed by atoms with Crippen LogP contribution in [0.4, 0.5) is 13.2 Å². The number of aryl methyl sites for hydroxylation is 1. The predicted octanol–water partition coefficient (Wildman–Crippen LogP) is 3.90. The number of fused-ring (bicyclic) bond motifs is 1. The lowest BCUT2D eigenvalue weighted by molar-refractivity contribution is -0.252. The van der Waals surface area contributed by atoms with Crippen LogP contribution >= 0.6 is 0 Å². The quantitative estimate of drug-likeness (QED) is 0.907. The maximum Gasteiger partial charge on any atom is 0.428 e. The van der Waals surface area contributed by atoms with Crippen molar-refractivity contribution in [2.75, 3.05) is 6.54 Å². The molecule has 122 valence electrons. The van der Waals surface area contributed by atoms with Crippen LogP contribution in [-0.2, 0) is 13.0 Å². The molecule has 2 aromatic carbocycles. The first kappa shape index (κ1) is 16.0. The number of benzene rings is 2. The molecular formula is C18H18F3NO. The van der Waals surface area contributed by atoms with Gasteiger partial charge in [-0.2, -0.15) is 13.2 Å². The molecule has 3 rings (SSSR count). The summed E-state index contributed by atoms with van der Waals surface area (Å²) in [5, 5.41) is 9.45. The van der Waals surface area contributed by atoms with Crippen LogP contribution in [0.25, 0.3) is 11.1 Å². The van der Waals surface area contributed by atoms with Crippen LogP contribution in [0.3, 0.4) is 0 Å². The molecule has 1 aliphatic rings. The van der Waals surface area contributed by atoms with Crippen LogP contribution in [-0.4, -0.2) is 29.0 Å². The van der Waals surface area contributed by atoms with E-state index in [1.54, 1.807) is 0 Å². The summed E-state index contributed by atoms with van der Waals surface area (Å²) in [5.74, 6) is 0. The Kier molecular flexibility index (Phi) is 4.17. The Balaban J connectivity index is 1.87. The smallest absolute Gasteiger partial charge is 0.370 e. The molecule has 2 aromatic rings. The molecule has 0 radical (unpaired) electrons. The minimum absolute atomic E-state index is 0.107. The van der Waals surface area contributed by atoms with Crippen molar-refractivity contribution < 1.29 is 18.3 Å². The highest BCUT2D eigenvalue weighted by Gasteiger charge is 2.43. The second kappa shape index (κ2) is 5.98. The zero-order valence-corrected chi connectivity index (χ0v) is 12.8. The molecule has 2 nitrogen and oxygen atoms in total. The van der Waals surface area contributed by atoms with Crippen LogP contribution in [0, 0.1) is 6.92 Å². The number of nitrogens with zero attached hydrogens (tertiary/aromatic N) is 1. The molecule has 0 fully saturated rings. The molecule has 1 N–H and O–H groups in total. The van der Waals surface area contributed by atoms with E-state index >= 15 is 0 Å². The molecule has 0 aromatic heterocycles. The van der Waals surface area contributed by atoms with E-state index in [4.69, 9.17) is 0 Å². The van der Waals surface area contributed by atoms with Gasteiger partial charge in [0, 0.05) is 13.1 Å². The molecule has 0 amide bonds. The summed E-state index contributed by atoms with van der Waals surface area (Å²) in [6.07, 6.45) is -6.51. The van der Waals surface area contributed by atoms with Gasteiger partial charge in [-0.25, -0.2) is 0 Å². The Morgan fingerprint density at radius 1 is 1.00 bits per heavy atom. The minimum Gasteiger partial charge on any atom is -0.370 e. The van der Waals surface area contributed by atoms with Crippen LogP contribution in [0.2, 0.25) is 0 Å². The monoisotopic (exact) mass is 321 g/mol. The van der Waals surface area contributed by atoms with E-state index in [-0.39, 0.29) is 13.1 Å². The SMILES string of the molecule is Cc1ccc(-c2ccc3c(c2)CN(C(O)C(F)(F)F)CC3)cc1. The lowest BCUT2D eigenvalue weighted by atomic mass is 9.94. The average molecular weight is 321 g/mol. The van der Waals surface area contributed by atoms with Gasteiger partial charge in [-0.1, -0.05) is 42.0 Å². The standard InChI is InChI=1S/C18H18F3NO/c1-12-2-4-13(5-3-12)15-7-6-14-8-9-22(11-16(14)10-15)17(23)18(19,20)21/h2-7,10,17,23H,8-9,11H2,1H3. The van der Waals surface area contributed by atoms with Gasteiger partial charge in [0.05, 0.1) is 0 Å². The molecule has 1 unspecified atom stereocenters. The summed E-state index contributed by atoms with van der Waals surface area (Å²) < 4.78 is 38.1. The van der Waals surface area contributed by atoms with Gasteiger partial charge in [0.1, 0.15) is 0 Å². The Morgan fingerprint density at radius 3 is 2.30 bits per heavy atom. The van der Waals surface area contributed by atoms with Gasteiger partial charge in [-0.15, -0.1) is 0 Å². The third-order valence-electron chi connectivity index (χ3n) is 4.27. The molecule has 0 spiro atoms. The van der Waals surface area contributed by atoms with Crippen LogP contribution in [0.5, 0.6) is 0 Å². The fourth-order valence-electron chi connectivity index (χ4n) is 2.92. The van der Waals surface area contributed by atoms with E-state index < -0.39 is 12.4 Å². The van der Waals surface area contributed by atoms with Crippen molar-refractivity contribution in [3.63, 3.8) is 0 Å². The van der Waals surface area contributed by atoms with Crippen molar-refractivity contribution in [3.05, 3.63) is 59.2 Å². The van der Waals surface area contributed by atoms with Crippen molar-refractivity contribution >= 4 is 0 Å². The maximum atomic E-state index is 12.7. The zero-order chi connectivity index (χ0) is 16.6. The first-order valence-electron chi connectivity index (χ1n) is 7.52. The third-order valence-corrected chi connectivity index (χ3v) is 4.27. The summed E-state index contributed by atoms with van der Waals surface area (Å²) in [6, 6.07) is 13.9. The topological polar surface area (TPSA) is 23.5 Å². The summed E-state index contributed by atoms with van der Waals surface area (Å²) >= 11 is 0. The van der Waals surface area contributed by atoms with Gasteiger partial charge in [-0.3, -0.25) is 4.90 Å². The van der Waals surface area contributed by atoms with Gasteiger partial charge in [0.25, 0.3) is 0 Å². The third kappa shape index (κ3) is 3.41. The molecular weight excluding hydrogens is 303 g/mol. The van der Waals surface area contributed by atoms with Gasteiger partial charge < -0.3 is 5.11 Å². The van der Waals surface area contributed by atoms with Gasteiger partial charge in [0.15, 0.2) is 0 Å². The van der Waals surface area contributed by atoms with Crippen molar-refractivity contribution in [1.29, 1.82) is 0 Å². The Labute approximate surface area is 133 Å². The largest absolute Gasteiger partial charge is 0.428 e. The van der Waals surface area contributed by atoms with Crippen molar-refractivity contribution in [2.24, 2.45) is 0 Å². The first-order valence-corrected chi connectivity index (χ1v) is 7.52. The number of alkyl halides is 3. The van der Waals surface area contributed by atoms with E-state index in [2.05, 4.69) is 0 Å². The molecule has 23 heavy (non-hydrogen) atoms. The maximum absolute atomic E-state index is 12.7. The highest BCUT2D eigenvalue weighted by molar-refractivity contribution is 5.65. The number of hydrogen-bond donors (Lipinski definition) is 1. The van der Waals surface area contributed by atoms with Crippen molar-refractivity contribution in [2.45, 2.75) is 32.3 Å². The Bertz CT molecular complexity index is 694. The van der Waals surface area contributed by atoms with Crippen molar-refractivity contribution in [3.8, 4) is 11.1 Å². The van der Waals surface area contributed by atoms with E-state index in [0.717, 1.165) is 32.7 Å². The highest BCUT2D eigenvalue weighted by Crippen LogP contribution is 2.30. The molecule has 0 bridgehead atoms. The predicted molar refractivity (Wildman–Crippen MR) is 82.8 cm³/mol. The number of rotatable bonds is 2. The number of aliphatic hydroxyl groups excluding tert-OH is 1. The minimum atomic E-state index is -4.62. The summed E-state index contributed by atoms with van der Waals surface area (Å²) in [5.41, 5.74) is 5.06. The number of aliphatic hydroxyl groups is 1. The van der Waals surface area contributed by atoms with E-state index in [1.165, 1.54) is 0 Å².